The normalized spacial score (nSPS) is 19.7. The predicted octanol–water partition coefficient (Wildman–Crippen LogP) is 3.13. The molecule has 1 aromatic rings. The minimum absolute atomic E-state index is 0.228. The van der Waals surface area contributed by atoms with E-state index in [9.17, 15) is 4.79 Å². The summed E-state index contributed by atoms with van der Waals surface area (Å²) >= 11 is 0. The van der Waals surface area contributed by atoms with E-state index in [1.807, 2.05) is 0 Å². The van der Waals surface area contributed by atoms with Gasteiger partial charge in [0.15, 0.2) is 0 Å². The highest BCUT2D eigenvalue weighted by molar-refractivity contribution is 5.90. The lowest BCUT2D eigenvalue weighted by Crippen LogP contribution is -2.29. The summed E-state index contributed by atoms with van der Waals surface area (Å²) in [5.41, 5.74) is 0.581. The Balaban J connectivity index is 1.82. The molecule has 0 amide bonds. The zero-order chi connectivity index (χ0) is 15.5. The molecular formula is C17H25NO3. The summed E-state index contributed by atoms with van der Waals surface area (Å²) < 4.78 is 5.66. The van der Waals surface area contributed by atoms with Crippen molar-refractivity contribution >= 4 is 5.97 Å². The van der Waals surface area contributed by atoms with Gasteiger partial charge in [-0.1, -0.05) is 32.9 Å². The van der Waals surface area contributed by atoms with E-state index in [1.165, 1.54) is 6.42 Å². The van der Waals surface area contributed by atoms with E-state index in [0.29, 0.717) is 17.8 Å². The average Bonchev–Trinajstić information content (AvgIpc) is 2.88. The molecule has 0 saturated carbocycles. The molecule has 2 rings (SSSR count). The molecule has 4 nitrogen and oxygen atoms in total. The molecule has 0 radical (unpaired) electrons. The summed E-state index contributed by atoms with van der Waals surface area (Å²) in [6.45, 7) is 10.5. The molecule has 1 N–H and O–H groups in total. The Kier molecular flexibility index (Phi) is 4.88. The first-order chi connectivity index (χ1) is 9.88. The summed E-state index contributed by atoms with van der Waals surface area (Å²) in [4.78, 5) is 13.5. The standard InChI is InChI=1S/C17H25NO3/c1-17(2,3)13-8-9-18(12-13)10-11-21-15-7-5-4-6-14(15)16(19)20/h4-7,13H,8-12H2,1-3H3,(H,19,20). The third-order valence-electron chi connectivity index (χ3n) is 4.28. The van der Waals surface area contributed by atoms with Gasteiger partial charge in [-0.2, -0.15) is 0 Å². The highest BCUT2D eigenvalue weighted by Crippen LogP contribution is 2.33. The van der Waals surface area contributed by atoms with Crippen molar-refractivity contribution in [3.63, 3.8) is 0 Å². The van der Waals surface area contributed by atoms with Crippen molar-refractivity contribution in [2.24, 2.45) is 11.3 Å². The van der Waals surface area contributed by atoms with E-state index < -0.39 is 5.97 Å². The fourth-order valence-electron chi connectivity index (χ4n) is 2.80. The van der Waals surface area contributed by atoms with E-state index in [2.05, 4.69) is 25.7 Å². The van der Waals surface area contributed by atoms with Crippen LogP contribution in [0.15, 0.2) is 24.3 Å². The van der Waals surface area contributed by atoms with Gasteiger partial charge in [-0.3, -0.25) is 4.90 Å². The number of carbonyl (C=O) groups is 1. The molecule has 116 valence electrons. The quantitative estimate of drug-likeness (QED) is 0.905. The Hall–Kier alpha value is -1.55. The molecule has 0 spiro atoms. The Morgan fingerprint density at radius 2 is 2.10 bits per heavy atom. The van der Waals surface area contributed by atoms with Crippen LogP contribution in [0.4, 0.5) is 0 Å². The molecule has 1 saturated heterocycles. The first kappa shape index (κ1) is 15.8. The van der Waals surface area contributed by atoms with Crippen LogP contribution in [0.2, 0.25) is 0 Å². The second-order valence-electron chi connectivity index (χ2n) is 6.80. The number of aromatic carboxylic acids is 1. The Morgan fingerprint density at radius 3 is 2.71 bits per heavy atom. The zero-order valence-corrected chi connectivity index (χ0v) is 13.1. The number of para-hydroxylation sites is 1. The molecule has 1 unspecified atom stereocenters. The van der Waals surface area contributed by atoms with Crippen LogP contribution in [0.25, 0.3) is 0 Å². The highest BCUT2D eigenvalue weighted by atomic mass is 16.5. The smallest absolute Gasteiger partial charge is 0.339 e. The molecule has 4 heteroatoms. The van der Waals surface area contributed by atoms with Crippen LogP contribution in [0.1, 0.15) is 37.6 Å². The van der Waals surface area contributed by atoms with Crippen LogP contribution in [0, 0.1) is 11.3 Å². The molecule has 0 aliphatic carbocycles. The van der Waals surface area contributed by atoms with Gasteiger partial charge < -0.3 is 9.84 Å². The third-order valence-corrected chi connectivity index (χ3v) is 4.28. The summed E-state index contributed by atoms with van der Waals surface area (Å²) in [6.07, 6.45) is 1.23. The molecule has 1 atom stereocenters. The van der Waals surface area contributed by atoms with E-state index >= 15 is 0 Å². The number of ether oxygens (including phenoxy) is 1. The second kappa shape index (κ2) is 6.48. The SMILES string of the molecule is CC(C)(C)C1CCN(CCOc2ccccc2C(=O)O)C1. The maximum Gasteiger partial charge on any atom is 0.339 e. The van der Waals surface area contributed by atoms with Gasteiger partial charge in [-0.15, -0.1) is 0 Å². The highest BCUT2D eigenvalue weighted by Gasteiger charge is 2.31. The van der Waals surface area contributed by atoms with Crippen LogP contribution >= 0.6 is 0 Å². The van der Waals surface area contributed by atoms with Crippen LogP contribution in [0.5, 0.6) is 5.75 Å². The summed E-state index contributed by atoms with van der Waals surface area (Å²) in [5, 5.41) is 9.11. The van der Waals surface area contributed by atoms with Crippen molar-refractivity contribution in [1.82, 2.24) is 4.90 Å². The first-order valence-electron chi connectivity index (χ1n) is 7.55. The van der Waals surface area contributed by atoms with E-state index in [1.54, 1.807) is 24.3 Å². The van der Waals surface area contributed by atoms with Crippen LogP contribution in [-0.4, -0.2) is 42.2 Å². The van der Waals surface area contributed by atoms with E-state index in [-0.39, 0.29) is 5.56 Å². The zero-order valence-electron chi connectivity index (χ0n) is 13.1. The Morgan fingerprint density at radius 1 is 1.38 bits per heavy atom. The van der Waals surface area contributed by atoms with E-state index in [4.69, 9.17) is 9.84 Å². The number of carboxylic acids is 1. The predicted molar refractivity (Wildman–Crippen MR) is 82.9 cm³/mol. The summed E-state index contributed by atoms with van der Waals surface area (Å²) in [5.74, 6) is 0.236. The Labute approximate surface area is 126 Å². The maximum absolute atomic E-state index is 11.1. The minimum Gasteiger partial charge on any atom is -0.491 e. The topological polar surface area (TPSA) is 49.8 Å². The largest absolute Gasteiger partial charge is 0.491 e. The molecule has 1 heterocycles. The van der Waals surface area contributed by atoms with Gasteiger partial charge in [-0.25, -0.2) is 4.79 Å². The Bertz CT molecular complexity index is 493. The number of benzene rings is 1. The fourth-order valence-corrected chi connectivity index (χ4v) is 2.80. The molecule has 0 aromatic heterocycles. The molecule has 0 bridgehead atoms. The lowest BCUT2D eigenvalue weighted by atomic mass is 9.80. The number of likely N-dealkylation sites (tertiary alicyclic amines) is 1. The minimum atomic E-state index is -0.945. The molecule has 1 fully saturated rings. The summed E-state index contributed by atoms with van der Waals surface area (Å²) in [7, 11) is 0. The van der Waals surface area contributed by atoms with Crippen molar-refractivity contribution < 1.29 is 14.6 Å². The summed E-state index contributed by atoms with van der Waals surface area (Å²) in [6, 6.07) is 6.80. The van der Waals surface area contributed by atoms with Gasteiger partial charge in [0.25, 0.3) is 0 Å². The molecular weight excluding hydrogens is 266 g/mol. The first-order valence-corrected chi connectivity index (χ1v) is 7.55. The molecule has 1 aromatic carbocycles. The van der Waals surface area contributed by atoms with Gasteiger partial charge in [0, 0.05) is 13.1 Å². The van der Waals surface area contributed by atoms with Gasteiger partial charge in [0.05, 0.1) is 0 Å². The van der Waals surface area contributed by atoms with Crippen molar-refractivity contribution in [2.75, 3.05) is 26.2 Å². The van der Waals surface area contributed by atoms with Gasteiger partial charge >= 0.3 is 5.97 Å². The van der Waals surface area contributed by atoms with Crippen LogP contribution in [0.3, 0.4) is 0 Å². The second-order valence-corrected chi connectivity index (χ2v) is 6.80. The molecule has 1 aliphatic rings. The van der Waals surface area contributed by atoms with Gasteiger partial charge in [-0.05, 0) is 36.4 Å². The van der Waals surface area contributed by atoms with Crippen LogP contribution < -0.4 is 4.74 Å². The maximum atomic E-state index is 11.1. The van der Waals surface area contributed by atoms with E-state index in [0.717, 1.165) is 25.6 Å². The number of hydrogen-bond donors (Lipinski definition) is 1. The number of rotatable bonds is 5. The van der Waals surface area contributed by atoms with Crippen molar-refractivity contribution in [3.8, 4) is 5.75 Å². The number of hydrogen-bond acceptors (Lipinski definition) is 3. The fraction of sp³-hybridized carbons (Fsp3) is 0.588. The average molecular weight is 291 g/mol. The monoisotopic (exact) mass is 291 g/mol. The van der Waals surface area contributed by atoms with Crippen molar-refractivity contribution in [1.29, 1.82) is 0 Å². The third kappa shape index (κ3) is 4.21. The number of carboxylic acid groups (broad SMARTS) is 1. The lowest BCUT2D eigenvalue weighted by Gasteiger charge is -2.27. The van der Waals surface area contributed by atoms with Gasteiger partial charge in [0.1, 0.15) is 17.9 Å². The molecule has 1 aliphatic heterocycles. The van der Waals surface area contributed by atoms with Gasteiger partial charge in [0.2, 0.25) is 0 Å². The van der Waals surface area contributed by atoms with Crippen molar-refractivity contribution in [3.05, 3.63) is 29.8 Å². The molecule has 21 heavy (non-hydrogen) atoms. The van der Waals surface area contributed by atoms with Crippen molar-refractivity contribution in [2.45, 2.75) is 27.2 Å². The number of nitrogens with zero attached hydrogens (tertiary/aromatic N) is 1. The lowest BCUT2D eigenvalue weighted by molar-refractivity contribution is 0.0691. The van der Waals surface area contributed by atoms with Crippen LogP contribution in [-0.2, 0) is 0 Å².